The molecule has 2 aromatic heterocycles. The summed E-state index contributed by atoms with van der Waals surface area (Å²) in [7, 11) is 0. The number of nitrogens with zero attached hydrogens (tertiary/aromatic N) is 5. The van der Waals surface area contributed by atoms with Crippen molar-refractivity contribution in [3.63, 3.8) is 0 Å². The van der Waals surface area contributed by atoms with E-state index in [1.54, 1.807) is 12.4 Å². The largest absolute Gasteiger partial charge is 0.299 e. The van der Waals surface area contributed by atoms with E-state index in [1.165, 1.54) is 11.8 Å². The van der Waals surface area contributed by atoms with Crippen molar-refractivity contribution in [3.8, 4) is 17.5 Å². The van der Waals surface area contributed by atoms with Gasteiger partial charge in [-0.2, -0.15) is 5.26 Å². The highest BCUT2D eigenvalue weighted by molar-refractivity contribution is 7.99. The molecule has 1 fully saturated rings. The van der Waals surface area contributed by atoms with Crippen LogP contribution >= 0.6 is 11.8 Å². The third kappa shape index (κ3) is 2.09. The number of hydrogen-bond donors (Lipinski definition) is 0. The highest BCUT2D eigenvalue weighted by Gasteiger charge is 2.29. The van der Waals surface area contributed by atoms with Crippen LogP contribution in [0.2, 0.25) is 0 Å². The van der Waals surface area contributed by atoms with Crippen LogP contribution in [0.25, 0.3) is 11.4 Å². The van der Waals surface area contributed by atoms with Gasteiger partial charge in [0.05, 0.1) is 11.8 Å². The highest BCUT2D eigenvalue weighted by atomic mass is 32.2. The lowest BCUT2D eigenvalue weighted by molar-refractivity contribution is 0.669. The second-order valence-corrected chi connectivity index (χ2v) is 5.03. The minimum atomic E-state index is 0.404. The Morgan fingerprint density at radius 1 is 1.33 bits per heavy atom. The van der Waals surface area contributed by atoms with Gasteiger partial charge in [-0.05, 0) is 25.0 Å². The Hall–Kier alpha value is -1.87. The van der Waals surface area contributed by atoms with Crippen LogP contribution in [-0.2, 0) is 0 Å². The predicted octanol–water partition coefficient (Wildman–Crippen LogP) is 2.29. The Bertz CT molecular complexity index is 582. The third-order valence-electron chi connectivity index (χ3n) is 2.78. The van der Waals surface area contributed by atoms with Crippen molar-refractivity contribution in [2.24, 2.45) is 0 Å². The Balaban J connectivity index is 2.00. The second-order valence-electron chi connectivity index (χ2n) is 4.09. The Morgan fingerprint density at radius 3 is 2.78 bits per heavy atom. The highest BCUT2D eigenvalue weighted by Crippen LogP contribution is 2.40. The monoisotopic (exact) mass is 257 g/mol. The number of rotatable bonds is 4. The van der Waals surface area contributed by atoms with Crippen LogP contribution in [0.15, 0.2) is 29.7 Å². The first-order valence-electron chi connectivity index (χ1n) is 5.75. The van der Waals surface area contributed by atoms with Crippen molar-refractivity contribution < 1.29 is 0 Å². The molecule has 0 unspecified atom stereocenters. The maximum Gasteiger partial charge on any atom is 0.192 e. The smallest absolute Gasteiger partial charge is 0.192 e. The quantitative estimate of drug-likeness (QED) is 0.786. The zero-order valence-electron chi connectivity index (χ0n) is 9.65. The van der Waals surface area contributed by atoms with Crippen LogP contribution in [0, 0.1) is 11.3 Å². The summed E-state index contributed by atoms with van der Waals surface area (Å²) in [6, 6.07) is 6.48. The summed E-state index contributed by atoms with van der Waals surface area (Å²) in [6.07, 6.45) is 5.83. The fourth-order valence-electron chi connectivity index (χ4n) is 1.83. The average molecular weight is 257 g/mol. The summed E-state index contributed by atoms with van der Waals surface area (Å²) in [6.45, 7) is 0. The zero-order valence-corrected chi connectivity index (χ0v) is 10.5. The van der Waals surface area contributed by atoms with Crippen molar-refractivity contribution in [1.29, 1.82) is 5.26 Å². The van der Waals surface area contributed by atoms with Crippen LogP contribution in [-0.4, -0.2) is 25.5 Å². The van der Waals surface area contributed by atoms with Gasteiger partial charge in [-0.3, -0.25) is 9.55 Å². The fourth-order valence-corrected chi connectivity index (χ4v) is 2.50. The molecule has 0 atom stereocenters. The molecular formula is C12H11N5S. The van der Waals surface area contributed by atoms with Gasteiger partial charge in [-0.15, -0.1) is 10.2 Å². The van der Waals surface area contributed by atoms with Gasteiger partial charge in [0, 0.05) is 24.0 Å². The van der Waals surface area contributed by atoms with Crippen molar-refractivity contribution in [2.75, 3.05) is 5.75 Å². The molecular weight excluding hydrogens is 246 g/mol. The van der Waals surface area contributed by atoms with E-state index in [1.807, 2.05) is 12.1 Å². The molecule has 3 rings (SSSR count). The first kappa shape index (κ1) is 11.2. The molecule has 1 aliphatic rings. The molecule has 1 aliphatic carbocycles. The molecule has 0 aromatic carbocycles. The maximum atomic E-state index is 8.66. The summed E-state index contributed by atoms with van der Waals surface area (Å²) in [5.74, 6) is 1.28. The van der Waals surface area contributed by atoms with E-state index < -0.39 is 0 Å². The van der Waals surface area contributed by atoms with Crippen LogP contribution < -0.4 is 0 Å². The average Bonchev–Trinajstić information content (AvgIpc) is 3.17. The van der Waals surface area contributed by atoms with E-state index >= 15 is 0 Å². The molecule has 90 valence electrons. The summed E-state index contributed by atoms with van der Waals surface area (Å²) < 4.78 is 2.15. The molecule has 0 spiro atoms. The molecule has 0 N–H and O–H groups in total. The number of nitriles is 1. The van der Waals surface area contributed by atoms with Gasteiger partial charge in [-0.25, -0.2) is 0 Å². The topological polar surface area (TPSA) is 67.4 Å². The van der Waals surface area contributed by atoms with E-state index in [2.05, 4.69) is 25.8 Å². The summed E-state index contributed by atoms with van der Waals surface area (Å²) >= 11 is 1.44. The van der Waals surface area contributed by atoms with Crippen molar-refractivity contribution in [3.05, 3.63) is 24.5 Å². The van der Waals surface area contributed by atoms with Gasteiger partial charge in [0.2, 0.25) is 0 Å². The summed E-state index contributed by atoms with van der Waals surface area (Å²) in [5.41, 5.74) is 1.02. The van der Waals surface area contributed by atoms with Crippen LogP contribution in [0.3, 0.4) is 0 Å². The van der Waals surface area contributed by atoms with E-state index in [0.29, 0.717) is 11.8 Å². The van der Waals surface area contributed by atoms with Gasteiger partial charge in [-0.1, -0.05) is 11.8 Å². The maximum absolute atomic E-state index is 8.66. The standard InChI is InChI=1S/C12H11N5S/c13-5-8-18-12-16-15-11(17(12)10-1-2-10)9-3-6-14-7-4-9/h3-4,6-7,10H,1-2,8H2. The molecule has 0 bridgehead atoms. The lowest BCUT2D eigenvalue weighted by Crippen LogP contribution is -1.99. The normalized spacial score (nSPS) is 14.4. The number of thioether (sulfide) groups is 1. The molecule has 2 aromatic rings. The van der Waals surface area contributed by atoms with E-state index in [4.69, 9.17) is 5.26 Å². The molecule has 2 heterocycles. The number of aromatic nitrogens is 4. The van der Waals surface area contributed by atoms with Crippen molar-refractivity contribution >= 4 is 11.8 Å². The molecule has 18 heavy (non-hydrogen) atoms. The van der Waals surface area contributed by atoms with Crippen molar-refractivity contribution in [1.82, 2.24) is 19.7 Å². The first-order valence-corrected chi connectivity index (χ1v) is 6.74. The SMILES string of the molecule is N#CCSc1nnc(-c2ccncc2)n1C1CC1. The Kier molecular flexibility index (Phi) is 2.99. The third-order valence-corrected chi connectivity index (χ3v) is 3.59. The molecule has 0 aliphatic heterocycles. The minimum absolute atomic E-state index is 0.404. The van der Waals surface area contributed by atoms with Gasteiger partial charge in [0.25, 0.3) is 0 Å². The number of pyridine rings is 1. The predicted molar refractivity (Wildman–Crippen MR) is 67.9 cm³/mol. The molecule has 0 saturated heterocycles. The lowest BCUT2D eigenvalue weighted by Gasteiger charge is -2.07. The van der Waals surface area contributed by atoms with Crippen LogP contribution in [0.1, 0.15) is 18.9 Å². The molecule has 0 amide bonds. The van der Waals surface area contributed by atoms with E-state index in [0.717, 1.165) is 29.4 Å². The van der Waals surface area contributed by atoms with E-state index in [9.17, 15) is 0 Å². The van der Waals surface area contributed by atoms with Gasteiger partial charge in [0.1, 0.15) is 0 Å². The van der Waals surface area contributed by atoms with Crippen LogP contribution in [0.4, 0.5) is 0 Å². The van der Waals surface area contributed by atoms with Crippen LogP contribution in [0.5, 0.6) is 0 Å². The first-order chi connectivity index (χ1) is 8.90. The summed E-state index contributed by atoms with van der Waals surface area (Å²) in [4.78, 5) is 4.01. The van der Waals surface area contributed by atoms with E-state index in [-0.39, 0.29) is 0 Å². The second kappa shape index (κ2) is 4.78. The Labute approximate surface area is 109 Å². The Morgan fingerprint density at radius 2 is 2.11 bits per heavy atom. The minimum Gasteiger partial charge on any atom is -0.299 e. The molecule has 1 saturated carbocycles. The van der Waals surface area contributed by atoms with Crippen molar-refractivity contribution in [2.45, 2.75) is 24.0 Å². The number of hydrogen-bond acceptors (Lipinski definition) is 5. The van der Waals surface area contributed by atoms with Gasteiger partial charge >= 0.3 is 0 Å². The molecule has 0 radical (unpaired) electrons. The lowest BCUT2D eigenvalue weighted by atomic mass is 10.2. The van der Waals surface area contributed by atoms with Gasteiger partial charge in [0.15, 0.2) is 11.0 Å². The molecule has 5 nitrogen and oxygen atoms in total. The summed E-state index contributed by atoms with van der Waals surface area (Å²) in [5, 5.41) is 17.9. The van der Waals surface area contributed by atoms with Gasteiger partial charge < -0.3 is 0 Å². The fraction of sp³-hybridized carbons (Fsp3) is 0.333. The molecule has 6 heteroatoms. The zero-order chi connectivity index (χ0) is 12.4.